The molecular weight excluding hydrogens is 443 g/mol. The van der Waals surface area contributed by atoms with Crippen molar-refractivity contribution in [1.29, 1.82) is 0 Å². The molecule has 0 amide bonds. The van der Waals surface area contributed by atoms with Crippen molar-refractivity contribution in [3.63, 3.8) is 0 Å². The van der Waals surface area contributed by atoms with Gasteiger partial charge in [-0.05, 0) is 53.9 Å². The number of hydrogen-bond donors (Lipinski definition) is 3. The van der Waals surface area contributed by atoms with E-state index < -0.39 is 24.5 Å². The van der Waals surface area contributed by atoms with Crippen LogP contribution in [0.25, 0.3) is 22.0 Å². The molecule has 1 atom stereocenters. The maximum absolute atomic E-state index is 12.8. The molecule has 0 aliphatic carbocycles. The first-order chi connectivity index (χ1) is 15.3. The molecule has 0 bridgehead atoms. The van der Waals surface area contributed by atoms with Gasteiger partial charge in [-0.1, -0.05) is 17.7 Å². The quantitative estimate of drug-likeness (QED) is 0.355. The van der Waals surface area contributed by atoms with Crippen molar-refractivity contribution in [3.8, 4) is 11.3 Å². The van der Waals surface area contributed by atoms with Gasteiger partial charge in [-0.2, -0.15) is 13.2 Å². The van der Waals surface area contributed by atoms with E-state index in [1.807, 2.05) is 12.1 Å². The highest BCUT2D eigenvalue weighted by Gasteiger charge is 2.29. The van der Waals surface area contributed by atoms with E-state index in [1.54, 1.807) is 24.4 Å². The number of anilines is 2. The molecule has 9 heteroatoms. The summed E-state index contributed by atoms with van der Waals surface area (Å²) in [5.74, 6) is 0.495. The summed E-state index contributed by atoms with van der Waals surface area (Å²) in [6.45, 7) is -0.435. The molecule has 0 spiro atoms. The predicted molar refractivity (Wildman–Crippen MR) is 117 cm³/mol. The van der Waals surface area contributed by atoms with Gasteiger partial charge in [0.25, 0.3) is 0 Å². The summed E-state index contributed by atoms with van der Waals surface area (Å²) in [5, 5.41) is 23.8. The second-order valence-electron chi connectivity index (χ2n) is 7.09. The lowest BCUT2D eigenvalue weighted by Crippen LogP contribution is -2.04. The van der Waals surface area contributed by atoms with Crippen LogP contribution in [-0.2, 0) is 6.18 Å². The Morgan fingerprint density at radius 3 is 2.41 bits per heavy atom. The molecular formula is C23H17ClF3N3O2. The zero-order valence-electron chi connectivity index (χ0n) is 16.4. The van der Waals surface area contributed by atoms with E-state index in [4.69, 9.17) is 16.7 Å². The fraction of sp³-hybridized carbons (Fsp3) is 0.130. The maximum Gasteiger partial charge on any atom is 0.416 e. The predicted octanol–water partition coefficient (Wildman–Crippen LogP) is 5.74. The lowest BCUT2D eigenvalue weighted by atomic mass is 10.0. The van der Waals surface area contributed by atoms with Gasteiger partial charge in [-0.15, -0.1) is 0 Å². The number of fused-ring (bicyclic) bond motifs is 1. The van der Waals surface area contributed by atoms with Crippen molar-refractivity contribution >= 4 is 33.9 Å². The van der Waals surface area contributed by atoms with Crippen molar-refractivity contribution in [2.45, 2.75) is 12.3 Å². The number of halogens is 4. The zero-order valence-corrected chi connectivity index (χ0v) is 17.2. The summed E-state index contributed by atoms with van der Waals surface area (Å²) < 4.78 is 38.3. The van der Waals surface area contributed by atoms with Gasteiger partial charge < -0.3 is 15.5 Å². The SMILES string of the molecule is OC[C@H](O)c1cnc(-c2ccc3c(Nc4ccc(C(F)(F)F)cc4)nccc3c2)c(Cl)c1. The van der Waals surface area contributed by atoms with Gasteiger partial charge in [-0.25, -0.2) is 4.98 Å². The maximum atomic E-state index is 12.8. The average Bonchev–Trinajstić information content (AvgIpc) is 2.78. The highest BCUT2D eigenvalue weighted by atomic mass is 35.5. The van der Waals surface area contributed by atoms with Crippen LogP contribution in [0, 0.1) is 0 Å². The minimum atomic E-state index is -4.39. The third-order valence-corrected chi connectivity index (χ3v) is 5.22. The molecule has 3 N–H and O–H groups in total. The Bertz CT molecular complexity index is 1260. The molecule has 0 radical (unpaired) electrons. The highest BCUT2D eigenvalue weighted by Crippen LogP contribution is 2.33. The summed E-state index contributed by atoms with van der Waals surface area (Å²) in [7, 11) is 0. The molecule has 164 valence electrons. The van der Waals surface area contributed by atoms with Crippen molar-refractivity contribution in [2.24, 2.45) is 0 Å². The van der Waals surface area contributed by atoms with Gasteiger partial charge in [0.15, 0.2) is 0 Å². The van der Waals surface area contributed by atoms with E-state index in [0.29, 0.717) is 27.8 Å². The van der Waals surface area contributed by atoms with Gasteiger partial charge in [-0.3, -0.25) is 4.98 Å². The molecule has 0 fully saturated rings. The number of aliphatic hydroxyl groups excluding tert-OH is 2. The summed E-state index contributed by atoms with van der Waals surface area (Å²) >= 11 is 6.34. The minimum absolute atomic E-state index is 0.325. The van der Waals surface area contributed by atoms with Gasteiger partial charge >= 0.3 is 6.18 Å². The standard InChI is InChI=1S/C23H17ClF3N3O2/c24-19-10-15(20(32)12-31)11-29-21(19)14-1-6-18-13(9-14)7-8-28-22(18)30-17-4-2-16(3-5-17)23(25,26)27/h1-11,20,31-32H,12H2,(H,28,30)/t20-/m0/s1. The smallest absolute Gasteiger partial charge is 0.393 e. The van der Waals surface area contributed by atoms with Crippen molar-refractivity contribution in [3.05, 3.63) is 83.1 Å². The van der Waals surface area contributed by atoms with E-state index in [9.17, 15) is 18.3 Å². The van der Waals surface area contributed by atoms with Crippen LogP contribution in [0.1, 0.15) is 17.2 Å². The van der Waals surface area contributed by atoms with E-state index in [0.717, 1.165) is 28.5 Å². The van der Waals surface area contributed by atoms with Crippen LogP contribution in [0.3, 0.4) is 0 Å². The van der Waals surface area contributed by atoms with Crippen molar-refractivity contribution in [1.82, 2.24) is 9.97 Å². The molecule has 0 aliphatic rings. The number of hydrogen-bond acceptors (Lipinski definition) is 5. The molecule has 2 aromatic carbocycles. The first-order valence-electron chi connectivity index (χ1n) is 9.54. The van der Waals surface area contributed by atoms with Crippen LogP contribution in [-0.4, -0.2) is 26.8 Å². The molecule has 2 aromatic heterocycles. The average molecular weight is 460 g/mol. The third-order valence-electron chi connectivity index (χ3n) is 4.93. The van der Waals surface area contributed by atoms with Crippen molar-refractivity contribution < 1.29 is 23.4 Å². The lowest BCUT2D eigenvalue weighted by molar-refractivity contribution is -0.137. The number of nitrogens with one attached hydrogen (secondary N) is 1. The zero-order chi connectivity index (χ0) is 22.9. The number of nitrogens with zero attached hydrogens (tertiary/aromatic N) is 2. The molecule has 0 saturated heterocycles. The monoisotopic (exact) mass is 459 g/mol. The summed E-state index contributed by atoms with van der Waals surface area (Å²) in [6, 6.07) is 13.6. The third kappa shape index (κ3) is 4.52. The Hall–Kier alpha value is -3.20. The molecule has 2 heterocycles. The van der Waals surface area contributed by atoms with Crippen LogP contribution in [0.4, 0.5) is 24.7 Å². The van der Waals surface area contributed by atoms with Gasteiger partial charge in [0, 0.05) is 34.6 Å². The molecule has 4 aromatic rings. The number of benzene rings is 2. The van der Waals surface area contributed by atoms with Crippen molar-refractivity contribution in [2.75, 3.05) is 11.9 Å². The van der Waals surface area contributed by atoms with Crippen LogP contribution in [0.15, 0.2) is 67.0 Å². The second kappa shape index (κ2) is 8.74. The molecule has 5 nitrogen and oxygen atoms in total. The van der Waals surface area contributed by atoms with Gasteiger partial charge in [0.1, 0.15) is 11.9 Å². The summed E-state index contributed by atoms with van der Waals surface area (Å²) in [6.07, 6.45) is -2.41. The first-order valence-corrected chi connectivity index (χ1v) is 9.92. The Morgan fingerprint density at radius 1 is 1.00 bits per heavy atom. The number of rotatable bonds is 5. The Kier molecular flexibility index (Phi) is 6.01. The van der Waals surface area contributed by atoms with E-state index >= 15 is 0 Å². The number of alkyl halides is 3. The van der Waals surface area contributed by atoms with Crippen LogP contribution in [0.5, 0.6) is 0 Å². The van der Waals surface area contributed by atoms with Crippen LogP contribution in [0.2, 0.25) is 5.02 Å². The van der Waals surface area contributed by atoms with E-state index in [1.165, 1.54) is 18.3 Å². The summed E-state index contributed by atoms with van der Waals surface area (Å²) in [5.41, 5.74) is 1.41. The molecule has 4 rings (SSSR count). The van der Waals surface area contributed by atoms with Crippen LogP contribution < -0.4 is 5.32 Å². The van der Waals surface area contributed by atoms with E-state index in [2.05, 4.69) is 15.3 Å². The fourth-order valence-corrected chi connectivity index (χ4v) is 3.54. The molecule has 0 unspecified atom stereocenters. The number of aliphatic hydroxyl groups is 2. The number of pyridine rings is 2. The second-order valence-corrected chi connectivity index (χ2v) is 7.50. The first kappa shape index (κ1) is 22.0. The van der Waals surface area contributed by atoms with Gasteiger partial charge in [0.2, 0.25) is 0 Å². The van der Waals surface area contributed by atoms with E-state index in [-0.39, 0.29) is 0 Å². The number of aromatic nitrogens is 2. The Balaban J connectivity index is 1.64. The fourth-order valence-electron chi connectivity index (χ4n) is 3.26. The minimum Gasteiger partial charge on any atom is -0.393 e. The summed E-state index contributed by atoms with van der Waals surface area (Å²) in [4.78, 5) is 8.62. The van der Waals surface area contributed by atoms with Crippen LogP contribution >= 0.6 is 11.6 Å². The lowest BCUT2D eigenvalue weighted by Gasteiger charge is -2.12. The normalized spacial score (nSPS) is 12.7. The highest BCUT2D eigenvalue weighted by molar-refractivity contribution is 6.33. The van der Waals surface area contributed by atoms with Gasteiger partial charge in [0.05, 0.1) is 22.9 Å². The molecule has 0 saturated carbocycles. The topological polar surface area (TPSA) is 78.3 Å². The largest absolute Gasteiger partial charge is 0.416 e. The molecule has 0 aliphatic heterocycles. The Labute approximate surface area is 186 Å². The molecule has 32 heavy (non-hydrogen) atoms. The Morgan fingerprint density at radius 2 is 1.75 bits per heavy atom.